The third-order valence-electron chi connectivity index (χ3n) is 4.43. The second-order valence-electron chi connectivity index (χ2n) is 6.13. The first kappa shape index (κ1) is 19.5. The van der Waals surface area contributed by atoms with Crippen LogP contribution in [0.2, 0.25) is 5.02 Å². The molecule has 0 atom stereocenters. The van der Waals surface area contributed by atoms with Gasteiger partial charge in [0.25, 0.3) is 5.91 Å². The lowest BCUT2D eigenvalue weighted by Crippen LogP contribution is -2.21. The van der Waals surface area contributed by atoms with Crippen molar-refractivity contribution in [2.45, 2.75) is 20.8 Å². The summed E-state index contributed by atoms with van der Waals surface area (Å²) >= 11 is 7.48. The smallest absolute Gasteiger partial charge is 0.264 e. The maximum absolute atomic E-state index is 12.3. The zero-order valence-corrected chi connectivity index (χ0v) is 17.2. The molecular formula is C21H22ClN3OS. The maximum Gasteiger partial charge on any atom is 0.264 e. The molecule has 0 unspecified atom stereocenters. The van der Waals surface area contributed by atoms with Crippen molar-refractivity contribution in [3.8, 4) is 0 Å². The highest BCUT2D eigenvalue weighted by Crippen LogP contribution is 2.31. The number of anilines is 1. The molecule has 1 saturated heterocycles. The van der Waals surface area contributed by atoms with E-state index in [1.54, 1.807) is 0 Å². The molecule has 140 valence electrons. The monoisotopic (exact) mass is 399 g/mol. The minimum atomic E-state index is -0.133. The molecule has 4 nitrogen and oxygen atoms in total. The average molecular weight is 400 g/mol. The number of amidine groups is 1. The summed E-state index contributed by atoms with van der Waals surface area (Å²) in [5.41, 5.74) is 3.83. The van der Waals surface area contributed by atoms with Gasteiger partial charge in [0.1, 0.15) is 0 Å². The highest BCUT2D eigenvalue weighted by Gasteiger charge is 2.24. The predicted octanol–water partition coefficient (Wildman–Crippen LogP) is 5.39. The van der Waals surface area contributed by atoms with Crippen molar-refractivity contribution in [2.75, 3.05) is 18.0 Å². The fourth-order valence-electron chi connectivity index (χ4n) is 2.83. The Labute approximate surface area is 169 Å². The van der Waals surface area contributed by atoms with Crippen molar-refractivity contribution >= 4 is 51.9 Å². The highest BCUT2D eigenvalue weighted by atomic mass is 35.5. The summed E-state index contributed by atoms with van der Waals surface area (Å²) in [6, 6.07) is 13.8. The van der Waals surface area contributed by atoms with Gasteiger partial charge in [-0.2, -0.15) is 0 Å². The number of nitrogens with zero attached hydrogens (tertiary/aromatic N) is 2. The first-order chi connectivity index (χ1) is 13.0. The molecule has 0 spiro atoms. The summed E-state index contributed by atoms with van der Waals surface area (Å²) in [4.78, 5) is 19.7. The van der Waals surface area contributed by atoms with Crippen LogP contribution in [-0.4, -0.2) is 24.2 Å². The molecule has 1 aliphatic heterocycles. The topological polar surface area (TPSA) is 44.7 Å². The normalized spacial score (nSPS) is 16.8. The van der Waals surface area contributed by atoms with E-state index in [0.29, 0.717) is 15.1 Å². The van der Waals surface area contributed by atoms with Gasteiger partial charge in [0.05, 0.1) is 10.6 Å². The van der Waals surface area contributed by atoms with E-state index in [0.717, 1.165) is 29.9 Å². The van der Waals surface area contributed by atoms with Crippen molar-refractivity contribution in [1.82, 2.24) is 5.32 Å². The van der Waals surface area contributed by atoms with E-state index < -0.39 is 0 Å². The Morgan fingerprint density at radius 3 is 2.52 bits per heavy atom. The number of nitrogens with one attached hydrogen (secondary N) is 1. The van der Waals surface area contributed by atoms with Gasteiger partial charge in [0.2, 0.25) is 0 Å². The average Bonchev–Trinajstić information content (AvgIpc) is 3.00. The molecule has 1 heterocycles. The van der Waals surface area contributed by atoms with E-state index in [-0.39, 0.29) is 5.91 Å². The number of hydrogen-bond donors (Lipinski definition) is 1. The van der Waals surface area contributed by atoms with E-state index in [2.05, 4.69) is 41.2 Å². The third-order valence-corrected chi connectivity index (χ3v) is 5.75. The molecule has 0 aromatic heterocycles. The molecule has 0 saturated carbocycles. The number of benzene rings is 2. The molecular weight excluding hydrogens is 378 g/mol. The summed E-state index contributed by atoms with van der Waals surface area (Å²) < 4.78 is 0. The number of aliphatic imine (C=N–C) groups is 1. The third kappa shape index (κ3) is 4.54. The predicted molar refractivity (Wildman–Crippen MR) is 117 cm³/mol. The zero-order valence-electron chi connectivity index (χ0n) is 15.6. The van der Waals surface area contributed by atoms with Crippen LogP contribution in [0.25, 0.3) is 6.08 Å². The van der Waals surface area contributed by atoms with Crippen molar-refractivity contribution < 1.29 is 4.79 Å². The molecule has 3 rings (SSSR count). The Bertz CT molecular complexity index is 902. The molecule has 0 aliphatic carbocycles. The quantitative estimate of drug-likeness (QED) is 0.686. The molecule has 27 heavy (non-hydrogen) atoms. The summed E-state index contributed by atoms with van der Waals surface area (Å²) in [6.45, 7) is 8.13. The number of thioether (sulfide) groups is 1. The molecule has 0 bridgehead atoms. The molecule has 1 amide bonds. The second kappa shape index (κ2) is 8.63. The lowest BCUT2D eigenvalue weighted by molar-refractivity contribution is -0.115. The summed E-state index contributed by atoms with van der Waals surface area (Å²) in [6.07, 6.45) is 1.89. The first-order valence-corrected chi connectivity index (χ1v) is 10.1. The van der Waals surface area contributed by atoms with Gasteiger partial charge in [0.15, 0.2) is 5.17 Å². The Hall–Kier alpha value is -2.24. The van der Waals surface area contributed by atoms with Gasteiger partial charge in [0, 0.05) is 23.8 Å². The van der Waals surface area contributed by atoms with Gasteiger partial charge < -0.3 is 10.2 Å². The van der Waals surface area contributed by atoms with E-state index in [1.165, 1.54) is 17.4 Å². The van der Waals surface area contributed by atoms with Gasteiger partial charge in [-0.05, 0) is 74.0 Å². The van der Waals surface area contributed by atoms with Crippen LogP contribution in [0.3, 0.4) is 0 Å². The molecule has 2 aromatic carbocycles. The van der Waals surface area contributed by atoms with Crippen LogP contribution < -0.4 is 10.2 Å². The number of rotatable bonds is 5. The van der Waals surface area contributed by atoms with Crippen molar-refractivity contribution in [3.05, 3.63) is 63.5 Å². The van der Waals surface area contributed by atoms with E-state index in [9.17, 15) is 4.79 Å². The Morgan fingerprint density at radius 1 is 1.15 bits per heavy atom. The molecule has 1 fully saturated rings. The maximum atomic E-state index is 12.3. The van der Waals surface area contributed by atoms with E-state index in [1.807, 2.05) is 43.3 Å². The molecule has 6 heteroatoms. The number of halogens is 1. The van der Waals surface area contributed by atoms with Gasteiger partial charge in [-0.15, -0.1) is 0 Å². The number of amides is 1. The molecule has 1 aliphatic rings. The van der Waals surface area contributed by atoms with Crippen LogP contribution in [0.5, 0.6) is 0 Å². The van der Waals surface area contributed by atoms with Crippen LogP contribution in [0, 0.1) is 6.92 Å². The van der Waals surface area contributed by atoms with Crippen LogP contribution in [0.1, 0.15) is 25.0 Å². The first-order valence-electron chi connectivity index (χ1n) is 8.91. The minimum Gasteiger partial charge on any atom is -0.372 e. The van der Waals surface area contributed by atoms with Crippen LogP contribution in [0.15, 0.2) is 52.4 Å². The number of carbonyl (C=O) groups is 1. The van der Waals surface area contributed by atoms with Crippen molar-refractivity contribution in [3.63, 3.8) is 0 Å². The van der Waals surface area contributed by atoms with Crippen LogP contribution >= 0.6 is 23.4 Å². The Balaban J connectivity index is 1.79. The lowest BCUT2D eigenvalue weighted by atomic mass is 10.1. The summed E-state index contributed by atoms with van der Waals surface area (Å²) in [5, 5.41) is 4.05. The standard InChI is InChI=1S/C21H22ClN3OS/c1-4-25(5-2)16-11-9-15(10-12-16)13-19-20(26)24-21(27-19)23-18-8-6-7-17(22)14(18)3/h6-13H,4-5H2,1-3H3,(H,23,24,26)/b19-13+. The molecule has 1 N–H and O–H groups in total. The second-order valence-corrected chi connectivity index (χ2v) is 7.57. The van der Waals surface area contributed by atoms with Gasteiger partial charge in [-0.3, -0.25) is 4.79 Å². The lowest BCUT2D eigenvalue weighted by Gasteiger charge is -2.20. The Kier molecular flexibility index (Phi) is 6.24. The summed E-state index contributed by atoms with van der Waals surface area (Å²) in [7, 11) is 0. The van der Waals surface area contributed by atoms with E-state index in [4.69, 9.17) is 11.6 Å². The van der Waals surface area contributed by atoms with Crippen LogP contribution in [0.4, 0.5) is 11.4 Å². The number of carbonyl (C=O) groups excluding carboxylic acids is 1. The highest BCUT2D eigenvalue weighted by molar-refractivity contribution is 8.18. The minimum absolute atomic E-state index is 0.133. The SMILES string of the molecule is CCN(CC)c1ccc(/C=C2/SC(=Nc3cccc(Cl)c3C)NC2=O)cc1. The van der Waals surface area contributed by atoms with Crippen LogP contribution in [-0.2, 0) is 4.79 Å². The van der Waals surface area contributed by atoms with Gasteiger partial charge >= 0.3 is 0 Å². The largest absolute Gasteiger partial charge is 0.372 e. The molecule has 2 aromatic rings. The fraction of sp³-hybridized carbons (Fsp3) is 0.238. The number of hydrogen-bond acceptors (Lipinski definition) is 4. The zero-order chi connectivity index (χ0) is 19.4. The summed E-state index contributed by atoms with van der Waals surface area (Å²) in [5.74, 6) is -0.133. The fourth-order valence-corrected chi connectivity index (χ4v) is 3.83. The van der Waals surface area contributed by atoms with Gasteiger partial charge in [-0.25, -0.2) is 4.99 Å². The van der Waals surface area contributed by atoms with Gasteiger partial charge in [-0.1, -0.05) is 29.8 Å². The van der Waals surface area contributed by atoms with Crippen molar-refractivity contribution in [2.24, 2.45) is 4.99 Å². The Morgan fingerprint density at radius 2 is 1.85 bits per heavy atom. The van der Waals surface area contributed by atoms with Crippen molar-refractivity contribution in [1.29, 1.82) is 0 Å². The van der Waals surface area contributed by atoms with E-state index >= 15 is 0 Å². The molecule has 0 radical (unpaired) electrons.